The highest BCUT2D eigenvalue weighted by atomic mass is 19.1. The maximum absolute atomic E-state index is 13.9. The lowest BCUT2D eigenvalue weighted by molar-refractivity contribution is -0.0704. The Hall–Kier alpha value is -2.84. The second kappa shape index (κ2) is 8.67. The summed E-state index contributed by atoms with van der Waals surface area (Å²) in [6, 6.07) is 8.33. The van der Waals surface area contributed by atoms with Crippen LogP contribution in [0.2, 0.25) is 0 Å². The van der Waals surface area contributed by atoms with Crippen molar-refractivity contribution in [2.24, 2.45) is 5.73 Å². The Morgan fingerprint density at radius 3 is 2.31 bits per heavy atom. The van der Waals surface area contributed by atoms with Gasteiger partial charge in [0, 0.05) is 31.3 Å². The Morgan fingerprint density at radius 1 is 1.10 bits per heavy atom. The number of rotatable bonds is 5. The molecule has 2 aromatic rings. The van der Waals surface area contributed by atoms with Crippen LogP contribution in [0.1, 0.15) is 40.1 Å². The van der Waals surface area contributed by atoms with Crippen molar-refractivity contribution >= 4 is 17.5 Å². The minimum Gasteiger partial charge on any atom is -0.373 e. The number of nitrogens with zero attached hydrogens (tertiary/aromatic N) is 1. The number of benzene rings is 2. The third-order valence-electron chi connectivity index (χ3n) is 4.69. The molecule has 0 bridgehead atoms. The number of primary amides is 1. The van der Waals surface area contributed by atoms with Crippen molar-refractivity contribution in [3.63, 3.8) is 0 Å². The number of amides is 2. The first-order chi connectivity index (χ1) is 13.7. The standard InChI is InChI=1S/C21H23F2N3O3/c1-12-9-26(10-13(2)29-12)11-14-3-5-15(6-4-14)21(28)25-19-7-16(20(24)27)17(22)8-18(19)23/h3-8,12-13H,9-11H2,1-2H3,(H2,24,27)(H,25,28). The molecular weight excluding hydrogens is 380 g/mol. The molecule has 3 N–H and O–H groups in total. The molecule has 1 fully saturated rings. The molecule has 3 rings (SSSR count). The molecule has 29 heavy (non-hydrogen) atoms. The molecule has 154 valence electrons. The van der Waals surface area contributed by atoms with Crippen LogP contribution < -0.4 is 11.1 Å². The van der Waals surface area contributed by atoms with Crippen LogP contribution in [0.4, 0.5) is 14.5 Å². The average molecular weight is 403 g/mol. The van der Waals surface area contributed by atoms with Crippen LogP contribution in [0.15, 0.2) is 36.4 Å². The fourth-order valence-electron chi connectivity index (χ4n) is 3.46. The highest BCUT2D eigenvalue weighted by molar-refractivity contribution is 6.05. The summed E-state index contributed by atoms with van der Waals surface area (Å²) in [5.41, 5.74) is 5.59. The quantitative estimate of drug-likeness (QED) is 0.804. The van der Waals surface area contributed by atoms with Gasteiger partial charge in [-0.05, 0) is 37.6 Å². The first-order valence-corrected chi connectivity index (χ1v) is 9.30. The number of carbonyl (C=O) groups excluding carboxylic acids is 2. The number of carbonyl (C=O) groups is 2. The van der Waals surface area contributed by atoms with Gasteiger partial charge in [0.25, 0.3) is 11.8 Å². The summed E-state index contributed by atoms with van der Waals surface area (Å²) in [7, 11) is 0. The molecule has 1 aliphatic heterocycles. The predicted molar refractivity (Wildman–Crippen MR) is 105 cm³/mol. The number of hydrogen-bond acceptors (Lipinski definition) is 4. The van der Waals surface area contributed by atoms with E-state index in [1.54, 1.807) is 12.1 Å². The largest absolute Gasteiger partial charge is 0.373 e. The van der Waals surface area contributed by atoms with Crippen LogP contribution >= 0.6 is 0 Å². The van der Waals surface area contributed by atoms with Gasteiger partial charge in [-0.25, -0.2) is 8.78 Å². The van der Waals surface area contributed by atoms with Crippen molar-refractivity contribution in [1.29, 1.82) is 0 Å². The van der Waals surface area contributed by atoms with Gasteiger partial charge in [-0.1, -0.05) is 12.1 Å². The molecule has 6 nitrogen and oxygen atoms in total. The lowest BCUT2D eigenvalue weighted by atomic mass is 10.1. The summed E-state index contributed by atoms with van der Waals surface area (Å²) >= 11 is 0. The summed E-state index contributed by atoms with van der Waals surface area (Å²) in [4.78, 5) is 25.9. The van der Waals surface area contributed by atoms with E-state index in [1.165, 1.54) is 0 Å². The fraction of sp³-hybridized carbons (Fsp3) is 0.333. The van der Waals surface area contributed by atoms with E-state index in [0.29, 0.717) is 11.6 Å². The van der Waals surface area contributed by atoms with E-state index >= 15 is 0 Å². The molecule has 2 amide bonds. The minimum atomic E-state index is -1.08. The van der Waals surface area contributed by atoms with Crippen molar-refractivity contribution < 1.29 is 23.1 Å². The third-order valence-corrected chi connectivity index (χ3v) is 4.69. The van der Waals surface area contributed by atoms with Gasteiger partial charge in [-0.3, -0.25) is 14.5 Å². The average Bonchev–Trinajstić information content (AvgIpc) is 2.63. The van der Waals surface area contributed by atoms with E-state index in [1.807, 2.05) is 26.0 Å². The van der Waals surface area contributed by atoms with Gasteiger partial charge in [0.05, 0.1) is 23.5 Å². The molecule has 0 radical (unpaired) electrons. The predicted octanol–water partition coefficient (Wildman–Crippen LogP) is 2.93. The summed E-state index contributed by atoms with van der Waals surface area (Å²) in [5.74, 6) is -3.70. The molecule has 1 aliphatic rings. The van der Waals surface area contributed by atoms with Crippen molar-refractivity contribution in [3.05, 3.63) is 64.7 Å². The molecule has 0 saturated carbocycles. The zero-order valence-corrected chi connectivity index (χ0v) is 16.2. The number of hydrogen-bond donors (Lipinski definition) is 2. The number of nitrogens with one attached hydrogen (secondary N) is 1. The van der Waals surface area contributed by atoms with Gasteiger partial charge in [-0.15, -0.1) is 0 Å². The molecule has 1 heterocycles. The Kier molecular flexibility index (Phi) is 6.24. The molecule has 0 spiro atoms. The monoisotopic (exact) mass is 403 g/mol. The second-order valence-corrected chi connectivity index (χ2v) is 7.28. The Balaban J connectivity index is 1.68. The van der Waals surface area contributed by atoms with E-state index in [-0.39, 0.29) is 17.9 Å². The summed E-state index contributed by atoms with van der Waals surface area (Å²) in [6.07, 6.45) is 0.333. The highest BCUT2D eigenvalue weighted by Gasteiger charge is 2.22. The van der Waals surface area contributed by atoms with Crippen LogP contribution in [-0.4, -0.2) is 42.0 Å². The van der Waals surface area contributed by atoms with Gasteiger partial charge < -0.3 is 15.8 Å². The number of morpholine rings is 1. The van der Waals surface area contributed by atoms with Crippen molar-refractivity contribution in [2.75, 3.05) is 18.4 Å². The molecule has 1 saturated heterocycles. The van der Waals surface area contributed by atoms with Crippen molar-refractivity contribution in [3.8, 4) is 0 Å². The lowest BCUT2D eigenvalue weighted by Crippen LogP contribution is -2.44. The van der Waals surface area contributed by atoms with E-state index < -0.39 is 29.0 Å². The zero-order chi connectivity index (χ0) is 21.1. The van der Waals surface area contributed by atoms with Crippen LogP contribution in [0.25, 0.3) is 0 Å². The van der Waals surface area contributed by atoms with E-state index in [2.05, 4.69) is 10.2 Å². The number of ether oxygens (including phenoxy) is 1. The Morgan fingerprint density at radius 2 is 1.72 bits per heavy atom. The third kappa shape index (κ3) is 5.16. The molecule has 2 unspecified atom stereocenters. The fourth-order valence-corrected chi connectivity index (χ4v) is 3.46. The number of halogens is 2. The second-order valence-electron chi connectivity index (χ2n) is 7.28. The minimum absolute atomic E-state index is 0.166. The van der Waals surface area contributed by atoms with Crippen LogP contribution in [0, 0.1) is 11.6 Å². The number of nitrogens with two attached hydrogens (primary N) is 1. The summed E-state index contributed by atoms with van der Waals surface area (Å²) in [6.45, 7) is 6.47. The molecule has 8 heteroatoms. The molecule has 0 aromatic heterocycles. The maximum Gasteiger partial charge on any atom is 0.255 e. The Bertz CT molecular complexity index is 908. The Labute approximate surface area is 167 Å². The molecule has 0 aliphatic carbocycles. The van der Waals surface area contributed by atoms with Gasteiger partial charge >= 0.3 is 0 Å². The van der Waals surface area contributed by atoms with E-state index in [0.717, 1.165) is 31.3 Å². The van der Waals surface area contributed by atoms with Crippen LogP contribution in [-0.2, 0) is 11.3 Å². The topological polar surface area (TPSA) is 84.7 Å². The first kappa shape index (κ1) is 20.9. The summed E-state index contributed by atoms with van der Waals surface area (Å²) in [5, 5.41) is 2.35. The summed E-state index contributed by atoms with van der Waals surface area (Å²) < 4.78 is 33.2. The maximum atomic E-state index is 13.9. The lowest BCUT2D eigenvalue weighted by Gasteiger charge is -2.35. The SMILES string of the molecule is CC1CN(Cc2ccc(C(=O)Nc3cc(C(N)=O)c(F)cc3F)cc2)CC(C)O1. The first-order valence-electron chi connectivity index (χ1n) is 9.30. The van der Waals surface area contributed by atoms with Crippen LogP contribution in [0.5, 0.6) is 0 Å². The molecule has 2 atom stereocenters. The zero-order valence-electron chi connectivity index (χ0n) is 16.2. The highest BCUT2D eigenvalue weighted by Crippen LogP contribution is 2.21. The normalized spacial score (nSPS) is 19.7. The number of anilines is 1. The molecule has 2 aromatic carbocycles. The van der Waals surface area contributed by atoms with E-state index in [9.17, 15) is 18.4 Å². The van der Waals surface area contributed by atoms with Crippen molar-refractivity contribution in [2.45, 2.75) is 32.6 Å². The van der Waals surface area contributed by atoms with Crippen molar-refractivity contribution in [1.82, 2.24) is 4.90 Å². The van der Waals surface area contributed by atoms with Gasteiger partial charge in [0.2, 0.25) is 0 Å². The molecular formula is C21H23F2N3O3. The van der Waals surface area contributed by atoms with Gasteiger partial charge in [0.1, 0.15) is 11.6 Å². The van der Waals surface area contributed by atoms with Gasteiger partial charge in [0.15, 0.2) is 0 Å². The smallest absolute Gasteiger partial charge is 0.255 e. The van der Waals surface area contributed by atoms with E-state index in [4.69, 9.17) is 10.5 Å². The van der Waals surface area contributed by atoms with Gasteiger partial charge in [-0.2, -0.15) is 0 Å². The van der Waals surface area contributed by atoms with Crippen LogP contribution in [0.3, 0.4) is 0 Å².